The number of carbonyl (C=O) groups is 1. The van der Waals surface area contributed by atoms with E-state index in [4.69, 9.17) is 14.2 Å². The van der Waals surface area contributed by atoms with E-state index in [2.05, 4.69) is 5.32 Å². The Bertz CT molecular complexity index is 587. The standard InChI is InChI=1S/C19H28N2O4/c1-3-21(18(22)19(9-11-23-2)8-10-20-14-19)12-15-13-24-16-6-4-5-7-17(16)25-15/h4-7,15,20H,3,8-14H2,1-2H3. The Labute approximate surface area is 149 Å². The molecule has 0 aromatic heterocycles. The number of ether oxygens (including phenoxy) is 3. The highest BCUT2D eigenvalue weighted by atomic mass is 16.6. The molecule has 0 radical (unpaired) electrons. The van der Waals surface area contributed by atoms with Gasteiger partial charge in [0.05, 0.1) is 12.0 Å². The molecule has 0 bridgehead atoms. The van der Waals surface area contributed by atoms with Crippen molar-refractivity contribution in [3.8, 4) is 11.5 Å². The molecule has 0 spiro atoms. The number of hydrogen-bond donors (Lipinski definition) is 1. The largest absolute Gasteiger partial charge is 0.486 e. The van der Waals surface area contributed by atoms with Gasteiger partial charge in [-0.1, -0.05) is 12.1 Å². The number of amides is 1. The van der Waals surface area contributed by atoms with Gasteiger partial charge in [-0.05, 0) is 38.4 Å². The lowest BCUT2D eigenvalue weighted by atomic mass is 9.82. The van der Waals surface area contributed by atoms with Crippen molar-refractivity contribution in [3.63, 3.8) is 0 Å². The van der Waals surface area contributed by atoms with Crippen molar-refractivity contribution >= 4 is 5.91 Å². The molecule has 1 saturated heterocycles. The molecule has 25 heavy (non-hydrogen) atoms. The second-order valence-electron chi connectivity index (χ2n) is 6.79. The third-order valence-corrected chi connectivity index (χ3v) is 5.14. The molecule has 2 unspecified atom stereocenters. The lowest BCUT2D eigenvalue weighted by Crippen LogP contribution is -2.50. The summed E-state index contributed by atoms with van der Waals surface area (Å²) in [7, 11) is 1.68. The lowest BCUT2D eigenvalue weighted by Gasteiger charge is -2.36. The second-order valence-corrected chi connectivity index (χ2v) is 6.79. The fraction of sp³-hybridized carbons (Fsp3) is 0.632. The average Bonchev–Trinajstić information content (AvgIpc) is 3.14. The molecule has 0 saturated carbocycles. The summed E-state index contributed by atoms with van der Waals surface area (Å²) in [5.74, 6) is 1.71. The van der Waals surface area contributed by atoms with Crippen LogP contribution in [0.1, 0.15) is 19.8 Å². The quantitative estimate of drug-likeness (QED) is 0.813. The lowest BCUT2D eigenvalue weighted by molar-refractivity contribution is -0.143. The molecule has 1 aromatic rings. The molecule has 6 nitrogen and oxygen atoms in total. The predicted molar refractivity (Wildman–Crippen MR) is 95.0 cm³/mol. The van der Waals surface area contributed by atoms with Crippen LogP contribution >= 0.6 is 0 Å². The summed E-state index contributed by atoms with van der Waals surface area (Å²) in [5.41, 5.74) is -0.362. The van der Waals surface area contributed by atoms with Crippen LogP contribution in [0.5, 0.6) is 11.5 Å². The number of nitrogens with one attached hydrogen (secondary N) is 1. The number of nitrogens with zero attached hydrogens (tertiary/aromatic N) is 1. The third-order valence-electron chi connectivity index (χ3n) is 5.14. The molecular formula is C19H28N2O4. The highest BCUT2D eigenvalue weighted by molar-refractivity contribution is 5.83. The number of fused-ring (bicyclic) bond motifs is 1. The van der Waals surface area contributed by atoms with Crippen molar-refractivity contribution in [3.05, 3.63) is 24.3 Å². The van der Waals surface area contributed by atoms with Crippen LogP contribution in [0.2, 0.25) is 0 Å². The molecule has 2 atom stereocenters. The zero-order valence-electron chi connectivity index (χ0n) is 15.1. The summed E-state index contributed by atoms with van der Waals surface area (Å²) in [5, 5.41) is 3.34. The van der Waals surface area contributed by atoms with Gasteiger partial charge in [0.2, 0.25) is 5.91 Å². The van der Waals surface area contributed by atoms with Crippen molar-refractivity contribution in [2.45, 2.75) is 25.9 Å². The zero-order chi connectivity index (χ0) is 17.7. The van der Waals surface area contributed by atoms with Gasteiger partial charge in [-0.15, -0.1) is 0 Å². The molecule has 3 rings (SSSR count). The first-order valence-corrected chi connectivity index (χ1v) is 9.06. The maximum absolute atomic E-state index is 13.3. The monoisotopic (exact) mass is 348 g/mol. The third kappa shape index (κ3) is 3.90. The van der Waals surface area contributed by atoms with Gasteiger partial charge in [0.1, 0.15) is 6.61 Å². The normalized spacial score (nSPS) is 25.0. The summed E-state index contributed by atoms with van der Waals surface area (Å²) < 4.78 is 17.1. The number of hydrogen-bond acceptors (Lipinski definition) is 5. The summed E-state index contributed by atoms with van der Waals surface area (Å²) in [4.78, 5) is 15.2. The van der Waals surface area contributed by atoms with E-state index in [1.807, 2.05) is 36.1 Å². The molecule has 2 aliphatic heterocycles. The molecule has 138 valence electrons. The van der Waals surface area contributed by atoms with Crippen molar-refractivity contribution < 1.29 is 19.0 Å². The Kier molecular flexibility index (Phi) is 5.81. The summed E-state index contributed by atoms with van der Waals surface area (Å²) in [6, 6.07) is 7.66. The Hall–Kier alpha value is -1.79. The van der Waals surface area contributed by atoms with Gasteiger partial charge < -0.3 is 24.4 Å². The Balaban J connectivity index is 1.66. The SMILES string of the molecule is CCN(CC1COc2ccccc2O1)C(=O)C1(CCOC)CCNC1. The van der Waals surface area contributed by atoms with Gasteiger partial charge in [0.25, 0.3) is 0 Å². The number of rotatable bonds is 7. The summed E-state index contributed by atoms with van der Waals surface area (Å²) >= 11 is 0. The molecule has 1 aromatic carbocycles. The molecular weight excluding hydrogens is 320 g/mol. The molecule has 0 aliphatic carbocycles. The zero-order valence-corrected chi connectivity index (χ0v) is 15.1. The fourth-order valence-electron chi connectivity index (χ4n) is 3.63. The minimum absolute atomic E-state index is 0.146. The maximum atomic E-state index is 13.3. The summed E-state index contributed by atoms with van der Waals surface area (Å²) in [6.07, 6.45) is 1.46. The minimum Gasteiger partial charge on any atom is -0.486 e. The summed E-state index contributed by atoms with van der Waals surface area (Å²) in [6.45, 7) is 5.88. The van der Waals surface area contributed by atoms with Crippen LogP contribution in [0.15, 0.2) is 24.3 Å². The predicted octanol–water partition coefficient (Wildman–Crippen LogP) is 1.69. The van der Waals surface area contributed by atoms with Crippen molar-refractivity contribution in [1.29, 1.82) is 0 Å². The Morgan fingerprint density at radius 3 is 2.88 bits per heavy atom. The number of para-hydroxylation sites is 2. The first-order valence-electron chi connectivity index (χ1n) is 9.06. The van der Waals surface area contributed by atoms with E-state index in [9.17, 15) is 4.79 Å². The first kappa shape index (κ1) is 18.0. The molecule has 1 amide bonds. The highest BCUT2D eigenvalue weighted by Crippen LogP contribution is 2.34. The van der Waals surface area contributed by atoms with Crippen molar-refractivity contribution in [1.82, 2.24) is 10.2 Å². The molecule has 1 N–H and O–H groups in total. The molecule has 2 aliphatic rings. The molecule has 2 heterocycles. The van der Waals surface area contributed by atoms with Crippen LogP contribution in [0.3, 0.4) is 0 Å². The van der Waals surface area contributed by atoms with Gasteiger partial charge in [0, 0.05) is 26.8 Å². The Morgan fingerprint density at radius 2 is 2.20 bits per heavy atom. The minimum atomic E-state index is -0.362. The van der Waals surface area contributed by atoms with Crippen molar-refractivity contribution in [2.24, 2.45) is 5.41 Å². The van der Waals surface area contributed by atoms with E-state index < -0.39 is 0 Å². The van der Waals surface area contributed by atoms with Gasteiger partial charge in [-0.25, -0.2) is 0 Å². The number of benzene rings is 1. The van der Waals surface area contributed by atoms with E-state index in [-0.39, 0.29) is 17.4 Å². The number of likely N-dealkylation sites (N-methyl/N-ethyl adjacent to an activating group) is 1. The van der Waals surface area contributed by atoms with Crippen LogP contribution in [0.4, 0.5) is 0 Å². The van der Waals surface area contributed by atoms with Crippen molar-refractivity contribution in [2.75, 3.05) is 46.5 Å². The Morgan fingerprint density at radius 1 is 1.40 bits per heavy atom. The van der Waals surface area contributed by atoms with Gasteiger partial charge in [0.15, 0.2) is 17.6 Å². The van der Waals surface area contributed by atoms with Crippen LogP contribution in [0, 0.1) is 5.41 Å². The second kappa shape index (κ2) is 8.06. The van der Waals surface area contributed by atoms with E-state index in [1.54, 1.807) is 7.11 Å². The average molecular weight is 348 g/mol. The van der Waals surface area contributed by atoms with Crippen LogP contribution in [-0.4, -0.2) is 63.4 Å². The van der Waals surface area contributed by atoms with E-state index in [0.29, 0.717) is 26.3 Å². The van der Waals surface area contributed by atoms with Crippen LogP contribution in [-0.2, 0) is 9.53 Å². The topological polar surface area (TPSA) is 60.0 Å². The van der Waals surface area contributed by atoms with E-state index in [0.717, 1.165) is 37.4 Å². The first-order chi connectivity index (χ1) is 12.2. The fourth-order valence-corrected chi connectivity index (χ4v) is 3.63. The maximum Gasteiger partial charge on any atom is 0.230 e. The smallest absolute Gasteiger partial charge is 0.230 e. The number of methoxy groups -OCH3 is 1. The van der Waals surface area contributed by atoms with Gasteiger partial charge in [-0.2, -0.15) is 0 Å². The molecule has 6 heteroatoms. The van der Waals surface area contributed by atoms with E-state index in [1.165, 1.54) is 0 Å². The highest BCUT2D eigenvalue weighted by Gasteiger charge is 2.43. The van der Waals surface area contributed by atoms with E-state index >= 15 is 0 Å². The number of carbonyl (C=O) groups excluding carboxylic acids is 1. The van der Waals surface area contributed by atoms with Gasteiger partial charge >= 0.3 is 0 Å². The van der Waals surface area contributed by atoms with Crippen LogP contribution < -0.4 is 14.8 Å². The van der Waals surface area contributed by atoms with Gasteiger partial charge in [-0.3, -0.25) is 4.79 Å². The van der Waals surface area contributed by atoms with Crippen LogP contribution in [0.25, 0.3) is 0 Å². The molecule has 1 fully saturated rings.